The first kappa shape index (κ1) is 16.9. The van der Waals surface area contributed by atoms with Gasteiger partial charge in [0.1, 0.15) is 0 Å². The lowest BCUT2D eigenvalue weighted by Crippen LogP contribution is -2.46. The molecule has 1 fully saturated rings. The van der Waals surface area contributed by atoms with Crippen LogP contribution in [0.1, 0.15) is 47.0 Å². The number of rotatable bonds is 9. The largest absolute Gasteiger partial charge is 0.313 e. The second kappa shape index (κ2) is 9.73. The second-order valence-corrected chi connectivity index (χ2v) is 5.97. The highest BCUT2D eigenvalue weighted by Crippen LogP contribution is 2.19. The second-order valence-electron chi connectivity index (χ2n) is 5.97. The first-order valence-corrected chi connectivity index (χ1v) is 8.39. The number of hydrogen-bond acceptors (Lipinski definition) is 3. The predicted molar refractivity (Wildman–Crippen MR) is 84.7 cm³/mol. The standard InChI is InChI=1S/C16H35N3/c1-5-11-18(6-2)13-10-17-15(4)16-9-8-12-19(7-3)14-16/h15-17H,5-14H2,1-4H3. The van der Waals surface area contributed by atoms with Gasteiger partial charge in [-0.2, -0.15) is 0 Å². The van der Waals surface area contributed by atoms with Gasteiger partial charge in [-0.05, 0) is 58.3 Å². The molecule has 114 valence electrons. The van der Waals surface area contributed by atoms with Crippen LogP contribution >= 0.6 is 0 Å². The maximum atomic E-state index is 3.75. The number of piperidine rings is 1. The zero-order valence-electron chi connectivity index (χ0n) is 13.6. The third-order valence-corrected chi connectivity index (χ3v) is 4.58. The molecule has 2 unspecified atom stereocenters. The Labute approximate surface area is 120 Å². The van der Waals surface area contributed by atoms with Crippen LogP contribution < -0.4 is 5.32 Å². The van der Waals surface area contributed by atoms with E-state index in [0.717, 1.165) is 12.5 Å². The molecule has 2 atom stereocenters. The van der Waals surface area contributed by atoms with Crippen molar-refractivity contribution in [2.45, 2.75) is 53.0 Å². The lowest BCUT2D eigenvalue weighted by atomic mass is 9.91. The van der Waals surface area contributed by atoms with Crippen LogP contribution in [0, 0.1) is 5.92 Å². The van der Waals surface area contributed by atoms with Gasteiger partial charge in [0.15, 0.2) is 0 Å². The van der Waals surface area contributed by atoms with E-state index >= 15 is 0 Å². The van der Waals surface area contributed by atoms with E-state index in [-0.39, 0.29) is 0 Å². The normalized spacial score (nSPS) is 22.9. The molecule has 1 heterocycles. The lowest BCUT2D eigenvalue weighted by Gasteiger charge is -2.35. The Kier molecular flexibility index (Phi) is 8.67. The Morgan fingerprint density at radius 3 is 2.68 bits per heavy atom. The van der Waals surface area contributed by atoms with Gasteiger partial charge in [0.2, 0.25) is 0 Å². The average molecular weight is 269 g/mol. The van der Waals surface area contributed by atoms with Crippen molar-refractivity contribution in [2.24, 2.45) is 5.92 Å². The first-order chi connectivity index (χ1) is 9.21. The maximum absolute atomic E-state index is 3.75. The van der Waals surface area contributed by atoms with E-state index in [0.29, 0.717) is 6.04 Å². The summed E-state index contributed by atoms with van der Waals surface area (Å²) in [5.74, 6) is 0.843. The molecule has 1 rings (SSSR count). The van der Waals surface area contributed by atoms with Crippen molar-refractivity contribution in [3.8, 4) is 0 Å². The van der Waals surface area contributed by atoms with Gasteiger partial charge in [-0.1, -0.05) is 20.8 Å². The quantitative estimate of drug-likeness (QED) is 0.693. The Morgan fingerprint density at radius 2 is 2.05 bits per heavy atom. The first-order valence-electron chi connectivity index (χ1n) is 8.39. The summed E-state index contributed by atoms with van der Waals surface area (Å²) in [4.78, 5) is 5.14. The molecule has 1 N–H and O–H groups in total. The Hall–Kier alpha value is -0.120. The summed E-state index contributed by atoms with van der Waals surface area (Å²) in [6.45, 7) is 17.7. The molecule has 1 aliphatic heterocycles. The van der Waals surface area contributed by atoms with Gasteiger partial charge in [0.25, 0.3) is 0 Å². The van der Waals surface area contributed by atoms with Crippen molar-refractivity contribution in [1.82, 2.24) is 15.1 Å². The fraction of sp³-hybridized carbons (Fsp3) is 1.00. The SMILES string of the molecule is CCCN(CC)CCNC(C)C1CCCN(CC)C1. The van der Waals surface area contributed by atoms with Crippen LogP contribution in [0.25, 0.3) is 0 Å². The number of hydrogen-bond donors (Lipinski definition) is 1. The van der Waals surface area contributed by atoms with E-state index < -0.39 is 0 Å². The monoisotopic (exact) mass is 269 g/mol. The molecule has 3 heteroatoms. The number of likely N-dealkylation sites (tertiary alicyclic amines) is 1. The molecule has 1 aliphatic rings. The molecule has 0 bridgehead atoms. The molecule has 0 saturated carbocycles. The molecular weight excluding hydrogens is 234 g/mol. The zero-order valence-corrected chi connectivity index (χ0v) is 13.6. The zero-order chi connectivity index (χ0) is 14.1. The van der Waals surface area contributed by atoms with Crippen LogP contribution in [0.15, 0.2) is 0 Å². The number of likely N-dealkylation sites (N-methyl/N-ethyl adjacent to an activating group) is 1. The summed E-state index contributed by atoms with van der Waals surface area (Å²) in [6, 6.07) is 0.662. The number of nitrogens with one attached hydrogen (secondary N) is 1. The van der Waals surface area contributed by atoms with Crippen LogP contribution in [0.3, 0.4) is 0 Å². The van der Waals surface area contributed by atoms with Crippen molar-refractivity contribution in [3.63, 3.8) is 0 Å². The highest BCUT2D eigenvalue weighted by molar-refractivity contribution is 4.80. The summed E-state index contributed by atoms with van der Waals surface area (Å²) in [5, 5.41) is 3.75. The summed E-state index contributed by atoms with van der Waals surface area (Å²) in [6.07, 6.45) is 4.04. The van der Waals surface area contributed by atoms with E-state index in [1.807, 2.05) is 0 Å². The smallest absolute Gasteiger partial charge is 0.0107 e. The van der Waals surface area contributed by atoms with Crippen molar-refractivity contribution in [3.05, 3.63) is 0 Å². The van der Waals surface area contributed by atoms with Crippen molar-refractivity contribution >= 4 is 0 Å². The highest BCUT2D eigenvalue weighted by atomic mass is 15.1. The van der Waals surface area contributed by atoms with Crippen LogP contribution in [0.5, 0.6) is 0 Å². The topological polar surface area (TPSA) is 18.5 Å². The molecule has 0 aromatic rings. The van der Waals surface area contributed by atoms with Gasteiger partial charge in [0, 0.05) is 25.7 Å². The minimum absolute atomic E-state index is 0.662. The molecule has 3 nitrogen and oxygen atoms in total. The van der Waals surface area contributed by atoms with Gasteiger partial charge in [-0.25, -0.2) is 0 Å². The van der Waals surface area contributed by atoms with E-state index in [2.05, 4.69) is 42.8 Å². The molecule has 19 heavy (non-hydrogen) atoms. The third-order valence-electron chi connectivity index (χ3n) is 4.58. The molecule has 0 spiro atoms. The Bertz CT molecular complexity index is 220. The van der Waals surface area contributed by atoms with Gasteiger partial charge in [-0.3, -0.25) is 0 Å². The van der Waals surface area contributed by atoms with E-state index in [1.165, 1.54) is 58.5 Å². The van der Waals surface area contributed by atoms with E-state index in [1.54, 1.807) is 0 Å². The predicted octanol–water partition coefficient (Wildman–Crippen LogP) is 2.43. The fourth-order valence-electron chi connectivity index (χ4n) is 3.15. The third kappa shape index (κ3) is 6.24. The molecule has 0 aromatic heterocycles. The van der Waals surface area contributed by atoms with Gasteiger partial charge < -0.3 is 15.1 Å². The molecule has 0 aromatic carbocycles. The van der Waals surface area contributed by atoms with Crippen LogP contribution in [0.2, 0.25) is 0 Å². The molecular formula is C16H35N3. The summed E-state index contributed by atoms with van der Waals surface area (Å²) < 4.78 is 0. The van der Waals surface area contributed by atoms with Gasteiger partial charge >= 0.3 is 0 Å². The molecule has 0 amide bonds. The Morgan fingerprint density at radius 1 is 1.26 bits per heavy atom. The minimum Gasteiger partial charge on any atom is -0.313 e. The molecule has 0 aliphatic carbocycles. The average Bonchev–Trinajstić information content (AvgIpc) is 2.46. The molecule has 1 saturated heterocycles. The summed E-state index contributed by atoms with van der Waals surface area (Å²) >= 11 is 0. The summed E-state index contributed by atoms with van der Waals surface area (Å²) in [7, 11) is 0. The molecule has 0 radical (unpaired) electrons. The summed E-state index contributed by atoms with van der Waals surface area (Å²) in [5.41, 5.74) is 0. The van der Waals surface area contributed by atoms with Gasteiger partial charge in [-0.15, -0.1) is 0 Å². The van der Waals surface area contributed by atoms with Crippen LogP contribution in [-0.4, -0.2) is 61.7 Å². The van der Waals surface area contributed by atoms with Gasteiger partial charge in [0.05, 0.1) is 0 Å². The van der Waals surface area contributed by atoms with Crippen LogP contribution in [-0.2, 0) is 0 Å². The van der Waals surface area contributed by atoms with Crippen LogP contribution in [0.4, 0.5) is 0 Å². The Balaban J connectivity index is 2.20. The van der Waals surface area contributed by atoms with Crippen molar-refractivity contribution < 1.29 is 0 Å². The van der Waals surface area contributed by atoms with Crippen molar-refractivity contribution in [1.29, 1.82) is 0 Å². The minimum atomic E-state index is 0.662. The number of nitrogens with zero attached hydrogens (tertiary/aromatic N) is 2. The fourth-order valence-corrected chi connectivity index (χ4v) is 3.15. The van der Waals surface area contributed by atoms with Crippen molar-refractivity contribution in [2.75, 3.05) is 45.8 Å². The maximum Gasteiger partial charge on any atom is 0.0107 e. The van der Waals surface area contributed by atoms with E-state index in [9.17, 15) is 0 Å². The highest BCUT2D eigenvalue weighted by Gasteiger charge is 2.23. The lowest BCUT2D eigenvalue weighted by molar-refractivity contribution is 0.155. The van der Waals surface area contributed by atoms with E-state index in [4.69, 9.17) is 0 Å².